The minimum atomic E-state index is -0.857. The number of nitrogens with zero attached hydrogens (tertiary/aromatic N) is 1. The smallest absolute Gasteiger partial charge is 0.319 e. The van der Waals surface area contributed by atoms with E-state index in [0.717, 1.165) is 17.0 Å². The first-order valence-electron chi connectivity index (χ1n) is 8.08. The standard InChI is InChI=1S/C20H19FN2O3/c1-11-9-14(13(3)23(11)17-8-6-5-7-16(17)21)10-15-18(20(25)26-4)12(2)22-19(15)24/h5-10,18H,2H2,1,3-4H3,(H,22,24). The number of para-hydroxylation sites is 1. The number of hydrogen-bond acceptors (Lipinski definition) is 3. The first-order valence-corrected chi connectivity index (χ1v) is 8.08. The number of carbonyl (C=O) groups excluding carboxylic acids is 2. The molecular weight excluding hydrogens is 335 g/mol. The number of methoxy groups -OCH3 is 1. The molecule has 1 atom stereocenters. The highest BCUT2D eigenvalue weighted by Gasteiger charge is 2.38. The van der Waals surface area contributed by atoms with E-state index in [1.165, 1.54) is 13.2 Å². The predicted octanol–water partition coefficient (Wildman–Crippen LogP) is 3.05. The lowest BCUT2D eigenvalue weighted by molar-refractivity contribution is -0.142. The van der Waals surface area contributed by atoms with E-state index < -0.39 is 11.9 Å². The maximum absolute atomic E-state index is 14.2. The zero-order valence-electron chi connectivity index (χ0n) is 14.8. The van der Waals surface area contributed by atoms with E-state index in [1.807, 2.05) is 19.9 Å². The maximum atomic E-state index is 14.2. The van der Waals surface area contributed by atoms with Gasteiger partial charge in [-0.15, -0.1) is 0 Å². The minimum Gasteiger partial charge on any atom is -0.468 e. The fourth-order valence-electron chi connectivity index (χ4n) is 3.25. The van der Waals surface area contributed by atoms with E-state index >= 15 is 0 Å². The van der Waals surface area contributed by atoms with Crippen LogP contribution in [-0.4, -0.2) is 23.6 Å². The van der Waals surface area contributed by atoms with Gasteiger partial charge in [-0.3, -0.25) is 9.59 Å². The molecule has 6 heteroatoms. The largest absolute Gasteiger partial charge is 0.468 e. The van der Waals surface area contributed by atoms with Crippen molar-refractivity contribution in [2.75, 3.05) is 7.11 Å². The minimum absolute atomic E-state index is 0.260. The Labute approximate surface area is 150 Å². The Kier molecular flexibility index (Phi) is 4.50. The van der Waals surface area contributed by atoms with Crippen molar-refractivity contribution in [2.45, 2.75) is 13.8 Å². The van der Waals surface area contributed by atoms with Crippen molar-refractivity contribution in [2.24, 2.45) is 5.92 Å². The van der Waals surface area contributed by atoms with Gasteiger partial charge in [-0.05, 0) is 43.7 Å². The molecule has 1 aliphatic rings. The van der Waals surface area contributed by atoms with Gasteiger partial charge in [-0.1, -0.05) is 18.7 Å². The first-order chi connectivity index (χ1) is 12.3. The van der Waals surface area contributed by atoms with Gasteiger partial charge in [0.15, 0.2) is 0 Å². The Balaban J connectivity index is 2.11. The number of halogens is 1. The number of esters is 1. The van der Waals surface area contributed by atoms with Crippen molar-refractivity contribution in [1.82, 2.24) is 9.88 Å². The van der Waals surface area contributed by atoms with Crippen LogP contribution in [-0.2, 0) is 14.3 Å². The SMILES string of the molecule is C=C1NC(=O)C(=Cc2cc(C)n(-c3ccccc3F)c2C)C1C(=O)OC. The lowest BCUT2D eigenvalue weighted by Gasteiger charge is -2.11. The van der Waals surface area contributed by atoms with Gasteiger partial charge in [0.2, 0.25) is 0 Å². The van der Waals surface area contributed by atoms with E-state index in [2.05, 4.69) is 11.9 Å². The molecule has 0 saturated carbocycles. The number of benzene rings is 1. The average molecular weight is 354 g/mol. The topological polar surface area (TPSA) is 60.3 Å². The first kappa shape index (κ1) is 17.7. The van der Waals surface area contributed by atoms with E-state index in [1.54, 1.807) is 28.8 Å². The molecule has 134 valence electrons. The zero-order chi connectivity index (χ0) is 19.0. The van der Waals surface area contributed by atoms with Crippen LogP contribution in [0.1, 0.15) is 17.0 Å². The van der Waals surface area contributed by atoms with Crippen molar-refractivity contribution in [3.05, 3.63) is 70.9 Å². The summed E-state index contributed by atoms with van der Waals surface area (Å²) in [6, 6.07) is 8.32. The van der Waals surface area contributed by atoms with Crippen LogP contribution < -0.4 is 5.32 Å². The highest BCUT2D eigenvalue weighted by molar-refractivity contribution is 6.08. The summed E-state index contributed by atoms with van der Waals surface area (Å²) in [6.07, 6.45) is 1.63. The van der Waals surface area contributed by atoms with Crippen LogP contribution in [0.25, 0.3) is 11.8 Å². The van der Waals surface area contributed by atoms with Gasteiger partial charge in [0.1, 0.15) is 11.7 Å². The highest BCUT2D eigenvalue weighted by Crippen LogP contribution is 2.30. The summed E-state index contributed by atoms with van der Waals surface area (Å²) in [5.74, 6) is -2.14. The van der Waals surface area contributed by atoms with E-state index in [0.29, 0.717) is 5.69 Å². The van der Waals surface area contributed by atoms with Crippen LogP contribution in [0.3, 0.4) is 0 Å². The Morgan fingerprint density at radius 3 is 2.69 bits per heavy atom. The van der Waals surface area contributed by atoms with Crippen LogP contribution in [0.5, 0.6) is 0 Å². The third kappa shape index (κ3) is 2.83. The van der Waals surface area contributed by atoms with Gasteiger partial charge < -0.3 is 14.6 Å². The van der Waals surface area contributed by atoms with Gasteiger partial charge >= 0.3 is 5.97 Å². The fourth-order valence-corrected chi connectivity index (χ4v) is 3.25. The molecule has 0 radical (unpaired) electrons. The third-order valence-electron chi connectivity index (χ3n) is 4.51. The normalized spacial score (nSPS) is 18.3. The molecule has 2 aromatic rings. The van der Waals surface area contributed by atoms with Gasteiger partial charge in [0.25, 0.3) is 5.91 Å². The Morgan fingerprint density at radius 1 is 1.35 bits per heavy atom. The summed E-state index contributed by atoms with van der Waals surface area (Å²) in [4.78, 5) is 24.3. The van der Waals surface area contributed by atoms with Crippen molar-refractivity contribution in [3.8, 4) is 5.69 Å². The van der Waals surface area contributed by atoms with Gasteiger partial charge in [0, 0.05) is 22.7 Å². The Bertz CT molecular complexity index is 956. The number of nitrogens with one attached hydrogen (secondary N) is 1. The second-order valence-corrected chi connectivity index (χ2v) is 6.15. The van der Waals surface area contributed by atoms with E-state index in [4.69, 9.17) is 4.74 Å². The number of aromatic nitrogens is 1. The van der Waals surface area contributed by atoms with Crippen molar-refractivity contribution >= 4 is 18.0 Å². The maximum Gasteiger partial charge on any atom is 0.319 e. The molecule has 2 heterocycles. The van der Waals surface area contributed by atoms with Crippen molar-refractivity contribution in [3.63, 3.8) is 0 Å². The lowest BCUT2D eigenvalue weighted by Crippen LogP contribution is -2.17. The monoisotopic (exact) mass is 354 g/mol. The van der Waals surface area contributed by atoms with Crippen molar-refractivity contribution < 1.29 is 18.7 Å². The molecule has 0 spiro atoms. The Hall–Kier alpha value is -3.15. The van der Waals surface area contributed by atoms with Gasteiger partial charge in [0.05, 0.1) is 12.8 Å². The number of hydrogen-bond donors (Lipinski definition) is 1. The summed E-state index contributed by atoms with van der Waals surface area (Å²) in [5.41, 5.74) is 3.27. The number of ether oxygens (including phenoxy) is 1. The van der Waals surface area contributed by atoms with Gasteiger partial charge in [-0.2, -0.15) is 0 Å². The summed E-state index contributed by atoms with van der Waals surface area (Å²) >= 11 is 0. The summed E-state index contributed by atoms with van der Waals surface area (Å²) < 4.78 is 20.8. The molecule has 0 bridgehead atoms. The number of rotatable bonds is 3. The van der Waals surface area contributed by atoms with Gasteiger partial charge in [-0.25, -0.2) is 4.39 Å². The van der Waals surface area contributed by atoms with E-state index in [-0.39, 0.29) is 23.0 Å². The summed E-state index contributed by atoms with van der Waals surface area (Å²) in [6.45, 7) is 7.41. The molecule has 1 aliphatic heterocycles. The van der Waals surface area contributed by atoms with Crippen molar-refractivity contribution in [1.29, 1.82) is 0 Å². The molecule has 5 nitrogen and oxygen atoms in total. The predicted molar refractivity (Wildman–Crippen MR) is 96.0 cm³/mol. The zero-order valence-corrected chi connectivity index (χ0v) is 14.8. The molecule has 1 saturated heterocycles. The molecule has 1 aromatic carbocycles. The quantitative estimate of drug-likeness (QED) is 0.681. The Morgan fingerprint density at radius 2 is 2.04 bits per heavy atom. The third-order valence-corrected chi connectivity index (χ3v) is 4.51. The fraction of sp³-hybridized carbons (Fsp3) is 0.200. The summed E-state index contributed by atoms with van der Waals surface area (Å²) in [7, 11) is 1.26. The molecule has 26 heavy (non-hydrogen) atoms. The van der Waals surface area contributed by atoms with E-state index in [9.17, 15) is 14.0 Å². The van der Waals surface area contributed by atoms with Crippen LogP contribution >= 0.6 is 0 Å². The second-order valence-electron chi connectivity index (χ2n) is 6.15. The molecular formula is C20H19FN2O3. The average Bonchev–Trinajstić information content (AvgIpc) is 3.03. The number of aryl methyl sites for hydroxylation is 1. The highest BCUT2D eigenvalue weighted by atomic mass is 19.1. The summed E-state index contributed by atoms with van der Waals surface area (Å²) in [5, 5.41) is 2.56. The molecule has 0 aliphatic carbocycles. The van der Waals surface area contributed by atoms with Crippen LogP contribution in [0.4, 0.5) is 4.39 Å². The number of amides is 1. The van der Waals surface area contributed by atoms with Crippen LogP contribution in [0.15, 0.2) is 48.2 Å². The molecule has 3 rings (SSSR count). The second kappa shape index (κ2) is 6.63. The molecule has 1 N–H and O–H groups in total. The number of carbonyl (C=O) groups is 2. The lowest BCUT2D eigenvalue weighted by atomic mass is 9.98. The molecule has 1 unspecified atom stereocenters. The molecule has 1 amide bonds. The van der Waals surface area contributed by atoms with Crippen LogP contribution in [0, 0.1) is 25.6 Å². The molecule has 1 aromatic heterocycles. The van der Waals surface area contributed by atoms with Crippen LogP contribution in [0.2, 0.25) is 0 Å². The molecule has 1 fully saturated rings.